The summed E-state index contributed by atoms with van der Waals surface area (Å²) in [6.45, 7) is 5.63. The number of carbonyl (C=O) groups is 1. The van der Waals surface area contributed by atoms with Crippen molar-refractivity contribution >= 4 is 17.7 Å². The van der Waals surface area contributed by atoms with Gasteiger partial charge in [0.1, 0.15) is 5.82 Å². The second-order valence-electron chi connectivity index (χ2n) is 5.86. The Hall–Kier alpha value is -2.31. The number of hydrogen-bond acceptors (Lipinski definition) is 6. The quantitative estimate of drug-likeness (QED) is 0.848. The van der Waals surface area contributed by atoms with E-state index in [1.54, 1.807) is 6.20 Å². The first kappa shape index (κ1) is 15.6. The maximum atomic E-state index is 12.3. The SMILES string of the molecule is CN1CCN=C1NCCC(=O)N1CCN(c2ccccn2)CC1. The minimum absolute atomic E-state index is 0.208. The Balaban J connectivity index is 1.40. The molecule has 3 heterocycles. The molecule has 0 bridgehead atoms. The molecule has 0 aromatic carbocycles. The third-order valence-corrected chi connectivity index (χ3v) is 4.29. The number of nitrogens with zero attached hydrogens (tertiary/aromatic N) is 5. The summed E-state index contributed by atoms with van der Waals surface area (Å²) in [5.74, 6) is 2.10. The summed E-state index contributed by atoms with van der Waals surface area (Å²) in [5.41, 5.74) is 0. The van der Waals surface area contributed by atoms with Crippen LogP contribution in [0, 0.1) is 0 Å². The van der Waals surface area contributed by atoms with Crippen molar-refractivity contribution in [3.63, 3.8) is 0 Å². The van der Waals surface area contributed by atoms with Crippen LogP contribution in [-0.4, -0.2) is 79.5 Å². The van der Waals surface area contributed by atoms with Gasteiger partial charge in [-0.05, 0) is 12.1 Å². The first-order valence-electron chi connectivity index (χ1n) is 8.17. The standard InChI is InChI=1S/C16H24N6O/c1-20-9-8-19-16(20)18-7-5-15(23)22-12-10-21(11-13-22)14-4-2-3-6-17-14/h2-4,6H,5,7-13H2,1H3,(H,18,19). The van der Waals surface area contributed by atoms with E-state index in [-0.39, 0.29) is 5.91 Å². The minimum Gasteiger partial charge on any atom is -0.356 e. The Bertz CT molecular complexity index is 553. The zero-order chi connectivity index (χ0) is 16.1. The Morgan fingerprint density at radius 3 is 2.70 bits per heavy atom. The van der Waals surface area contributed by atoms with E-state index in [4.69, 9.17) is 0 Å². The van der Waals surface area contributed by atoms with E-state index in [2.05, 4.69) is 25.1 Å². The maximum Gasteiger partial charge on any atom is 0.224 e. The zero-order valence-corrected chi connectivity index (χ0v) is 13.6. The fourth-order valence-electron chi connectivity index (χ4n) is 2.89. The van der Waals surface area contributed by atoms with Gasteiger partial charge >= 0.3 is 0 Å². The van der Waals surface area contributed by atoms with E-state index in [0.717, 1.165) is 51.0 Å². The van der Waals surface area contributed by atoms with Gasteiger partial charge < -0.3 is 20.0 Å². The highest BCUT2D eigenvalue weighted by Gasteiger charge is 2.21. The molecule has 23 heavy (non-hydrogen) atoms. The number of anilines is 1. The third kappa shape index (κ3) is 3.91. The average Bonchev–Trinajstić information content (AvgIpc) is 3.01. The van der Waals surface area contributed by atoms with E-state index in [9.17, 15) is 4.79 Å². The summed E-state index contributed by atoms with van der Waals surface area (Å²) in [6.07, 6.45) is 2.32. The predicted octanol–water partition coefficient (Wildman–Crippen LogP) is 0.0113. The van der Waals surface area contributed by atoms with Gasteiger partial charge in [-0.1, -0.05) is 6.07 Å². The van der Waals surface area contributed by atoms with Crippen LogP contribution in [0.15, 0.2) is 29.4 Å². The van der Waals surface area contributed by atoms with Crippen LogP contribution in [0.2, 0.25) is 0 Å². The number of piperazine rings is 1. The highest BCUT2D eigenvalue weighted by Crippen LogP contribution is 2.12. The molecule has 2 aliphatic rings. The molecule has 1 amide bonds. The Morgan fingerprint density at radius 1 is 1.22 bits per heavy atom. The lowest BCUT2D eigenvalue weighted by Gasteiger charge is -2.35. The van der Waals surface area contributed by atoms with Gasteiger partial charge in [0.2, 0.25) is 5.91 Å². The van der Waals surface area contributed by atoms with Crippen molar-refractivity contribution in [2.75, 3.05) is 57.8 Å². The molecule has 0 radical (unpaired) electrons. The Morgan fingerprint density at radius 2 is 2.04 bits per heavy atom. The second-order valence-corrected chi connectivity index (χ2v) is 5.86. The topological polar surface area (TPSA) is 64.1 Å². The molecule has 7 nitrogen and oxygen atoms in total. The lowest BCUT2D eigenvalue weighted by molar-refractivity contribution is -0.131. The van der Waals surface area contributed by atoms with Crippen molar-refractivity contribution in [2.45, 2.75) is 6.42 Å². The van der Waals surface area contributed by atoms with Gasteiger partial charge in [-0.25, -0.2) is 4.98 Å². The molecular formula is C16H24N6O. The molecule has 1 fully saturated rings. The predicted molar refractivity (Wildman–Crippen MR) is 90.6 cm³/mol. The second kappa shape index (κ2) is 7.30. The van der Waals surface area contributed by atoms with Gasteiger partial charge in [-0.15, -0.1) is 0 Å². The summed E-state index contributed by atoms with van der Waals surface area (Å²) in [4.78, 5) is 27.3. The number of hydrogen-bond donors (Lipinski definition) is 1. The molecule has 124 valence electrons. The van der Waals surface area contributed by atoms with Crippen LogP contribution < -0.4 is 10.2 Å². The molecule has 0 saturated carbocycles. The smallest absolute Gasteiger partial charge is 0.224 e. The van der Waals surface area contributed by atoms with Crippen molar-refractivity contribution in [1.29, 1.82) is 0 Å². The van der Waals surface area contributed by atoms with Gasteiger partial charge in [-0.3, -0.25) is 9.79 Å². The van der Waals surface area contributed by atoms with Crippen molar-refractivity contribution in [2.24, 2.45) is 4.99 Å². The van der Waals surface area contributed by atoms with Crippen LogP contribution in [-0.2, 0) is 4.79 Å². The molecule has 2 aliphatic heterocycles. The van der Waals surface area contributed by atoms with Crippen LogP contribution in [0.4, 0.5) is 5.82 Å². The number of aromatic nitrogens is 1. The van der Waals surface area contributed by atoms with Crippen LogP contribution >= 0.6 is 0 Å². The van der Waals surface area contributed by atoms with Gasteiger partial charge in [-0.2, -0.15) is 0 Å². The van der Waals surface area contributed by atoms with Crippen molar-refractivity contribution in [3.8, 4) is 0 Å². The normalized spacial score (nSPS) is 18.1. The van der Waals surface area contributed by atoms with E-state index < -0.39 is 0 Å². The number of aliphatic imine (C=N–C) groups is 1. The zero-order valence-electron chi connectivity index (χ0n) is 13.6. The lowest BCUT2D eigenvalue weighted by atomic mass is 10.2. The highest BCUT2D eigenvalue weighted by molar-refractivity contribution is 5.82. The molecule has 1 N–H and O–H groups in total. The summed E-state index contributed by atoms with van der Waals surface area (Å²) >= 11 is 0. The van der Waals surface area contributed by atoms with Gasteiger partial charge in [0.15, 0.2) is 5.96 Å². The molecular weight excluding hydrogens is 292 g/mol. The molecule has 0 unspecified atom stereocenters. The minimum atomic E-state index is 0.208. The molecule has 1 saturated heterocycles. The van der Waals surface area contributed by atoms with E-state index >= 15 is 0 Å². The summed E-state index contributed by atoms with van der Waals surface area (Å²) in [5, 5.41) is 3.24. The fraction of sp³-hybridized carbons (Fsp3) is 0.562. The Labute approximate surface area is 137 Å². The van der Waals surface area contributed by atoms with E-state index in [1.807, 2.05) is 30.1 Å². The molecule has 1 aromatic rings. The number of rotatable bonds is 4. The van der Waals surface area contributed by atoms with Crippen LogP contribution in [0.1, 0.15) is 6.42 Å². The molecule has 0 aliphatic carbocycles. The third-order valence-electron chi connectivity index (χ3n) is 4.29. The van der Waals surface area contributed by atoms with Crippen molar-refractivity contribution < 1.29 is 4.79 Å². The van der Waals surface area contributed by atoms with Crippen LogP contribution in [0.5, 0.6) is 0 Å². The molecule has 7 heteroatoms. The van der Waals surface area contributed by atoms with Gasteiger partial charge in [0, 0.05) is 58.9 Å². The molecule has 0 atom stereocenters. The summed E-state index contributed by atoms with van der Waals surface area (Å²) in [7, 11) is 2.01. The number of nitrogens with one attached hydrogen (secondary N) is 1. The number of carbonyl (C=O) groups excluding carboxylic acids is 1. The van der Waals surface area contributed by atoms with Crippen LogP contribution in [0.25, 0.3) is 0 Å². The first-order valence-corrected chi connectivity index (χ1v) is 8.17. The average molecular weight is 316 g/mol. The highest BCUT2D eigenvalue weighted by atomic mass is 16.2. The van der Waals surface area contributed by atoms with Gasteiger partial charge in [0.25, 0.3) is 0 Å². The van der Waals surface area contributed by atoms with Gasteiger partial charge in [0.05, 0.1) is 6.54 Å². The number of likely N-dealkylation sites (N-methyl/N-ethyl adjacent to an activating group) is 1. The molecule has 1 aromatic heterocycles. The monoisotopic (exact) mass is 316 g/mol. The van der Waals surface area contributed by atoms with Crippen molar-refractivity contribution in [3.05, 3.63) is 24.4 Å². The maximum absolute atomic E-state index is 12.3. The Kier molecular flexibility index (Phi) is 4.95. The van der Waals surface area contributed by atoms with E-state index in [1.165, 1.54) is 0 Å². The first-order chi connectivity index (χ1) is 11.2. The fourth-order valence-corrected chi connectivity index (χ4v) is 2.89. The summed E-state index contributed by atoms with van der Waals surface area (Å²) < 4.78 is 0. The largest absolute Gasteiger partial charge is 0.356 e. The van der Waals surface area contributed by atoms with E-state index in [0.29, 0.717) is 13.0 Å². The summed E-state index contributed by atoms with van der Waals surface area (Å²) in [6, 6.07) is 5.93. The lowest BCUT2D eigenvalue weighted by Crippen LogP contribution is -2.49. The molecule has 3 rings (SSSR count). The number of amides is 1. The number of pyridine rings is 1. The van der Waals surface area contributed by atoms with Crippen molar-refractivity contribution in [1.82, 2.24) is 20.1 Å². The number of guanidine groups is 1. The van der Waals surface area contributed by atoms with Crippen LogP contribution in [0.3, 0.4) is 0 Å². The molecule has 0 spiro atoms.